The molecule has 1 aliphatic carbocycles. The van der Waals surface area contributed by atoms with Crippen molar-refractivity contribution in [1.82, 2.24) is 25.1 Å². The van der Waals surface area contributed by atoms with E-state index in [9.17, 15) is 9.32 Å². The predicted octanol–water partition coefficient (Wildman–Crippen LogP) is 2.80. The van der Waals surface area contributed by atoms with E-state index in [1.54, 1.807) is 12.4 Å². The summed E-state index contributed by atoms with van der Waals surface area (Å²) in [7, 11) is -1.39. The minimum atomic E-state index is -1.39. The van der Waals surface area contributed by atoms with E-state index in [0.29, 0.717) is 17.4 Å². The molecule has 9 heteroatoms. The minimum Gasteiger partial charge on any atom is -0.395 e. The molecule has 0 amide bonds. The van der Waals surface area contributed by atoms with Crippen LogP contribution in [-0.2, 0) is 30.2 Å². The maximum absolute atomic E-state index is 12.6. The van der Waals surface area contributed by atoms with Crippen molar-refractivity contribution in [3.8, 4) is 11.3 Å². The summed E-state index contributed by atoms with van der Waals surface area (Å²) in [4.78, 5) is 13.0. The molecule has 1 atom stereocenters. The normalized spacial score (nSPS) is 16.0. The van der Waals surface area contributed by atoms with Crippen LogP contribution in [0.1, 0.15) is 42.9 Å². The Morgan fingerprint density at radius 2 is 2.03 bits per heavy atom. The average Bonchev–Trinajstić information content (AvgIpc) is 3.15. The standard InChI is InChI=1S/C22H28N6O2S/c1-14-23-11-15(12-24-14)13-25-19-8-16(9-20(26-19)31(30)7-6-29)21-17-4-5-22(2,3)10-18(17)27-28-21/h8-9,11-12,29H,4-7,10,13H2,1-3H3,(H,25,26)(H,27,28). The monoisotopic (exact) mass is 440 g/mol. The summed E-state index contributed by atoms with van der Waals surface area (Å²) in [5.74, 6) is 1.47. The maximum atomic E-state index is 12.6. The third-order valence-electron chi connectivity index (χ3n) is 5.55. The predicted molar refractivity (Wildman–Crippen MR) is 120 cm³/mol. The van der Waals surface area contributed by atoms with Crippen LogP contribution in [0.5, 0.6) is 0 Å². The molecule has 3 aromatic heterocycles. The van der Waals surface area contributed by atoms with Gasteiger partial charge < -0.3 is 10.4 Å². The topological polar surface area (TPSA) is 117 Å². The fraction of sp³-hybridized carbons (Fsp3) is 0.455. The lowest BCUT2D eigenvalue weighted by Gasteiger charge is -2.29. The van der Waals surface area contributed by atoms with Crippen LogP contribution in [0.15, 0.2) is 29.6 Å². The van der Waals surface area contributed by atoms with Crippen molar-refractivity contribution in [2.24, 2.45) is 5.41 Å². The van der Waals surface area contributed by atoms with E-state index in [4.69, 9.17) is 0 Å². The summed E-state index contributed by atoms with van der Waals surface area (Å²) in [6.45, 7) is 6.73. The van der Waals surface area contributed by atoms with Crippen LogP contribution in [0.3, 0.4) is 0 Å². The lowest BCUT2D eigenvalue weighted by molar-refractivity contribution is 0.312. The number of anilines is 1. The van der Waals surface area contributed by atoms with Crippen molar-refractivity contribution in [1.29, 1.82) is 0 Å². The Bertz CT molecular complexity index is 1090. The number of aromatic amines is 1. The molecule has 3 aromatic rings. The molecule has 0 aromatic carbocycles. The number of hydrogen-bond donors (Lipinski definition) is 3. The number of aliphatic hydroxyl groups is 1. The van der Waals surface area contributed by atoms with Crippen molar-refractivity contribution in [3.63, 3.8) is 0 Å². The molecule has 0 bridgehead atoms. The van der Waals surface area contributed by atoms with E-state index in [1.165, 1.54) is 11.3 Å². The number of aromatic nitrogens is 5. The molecular weight excluding hydrogens is 412 g/mol. The van der Waals surface area contributed by atoms with Gasteiger partial charge in [0.1, 0.15) is 16.7 Å². The number of aliphatic hydroxyl groups excluding tert-OH is 1. The molecule has 0 saturated carbocycles. The molecule has 0 fully saturated rings. The maximum Gasteiger partial charge on any atom is 0.130 e. The number of H-pyrrole nitrogens is 1. The molecule has 4 rings (SSSR count). The zero-order chi connectivity index (χ0) is 22.0. The quantitative estimate of drug-likeness (QED) is 0.517. The second-order valence-corrected chi connectivity index (χ2v) is 10.2. The lowest BCUT2D eigenvalue weighted by Crippen LogP contribution is -2.21. The van der Waals surface area contributed by atoms with Gasteiger partial charge in [-0.25, -0.2) is 15.0 Å². The largest absolute Gasteiger partial charge is 0.395 e. The second kappa shape index (κ2) is 8.84. The Balaban J connectivity index is 1.66. The van der Waals surface area contributed by atoms with Crippen LogP contribution in [0.4, 0.5) is 5.82 Å². The Morgan fingerprint density at radius 1 is 1.26 bits per heavy atom. The van der Waals surface area contributed by atoms with Crippen molar-refractivity contribution >= 4 is 16.6 Å². The number of hydrogen-bond acceptors (Lipinski definition) is 7. The summed E-state index contributed by atoms with van der Waals surface area (Å²) >= 11 is 0. The zero-order valence-corrected chi connectivity index (χ0v) is 18.9. The SMILES string of the molecule is Cc1ncc(CNc2cc(-c3n[nH]c4c3CCC(C)(C)C4)cc(S(=O)CCO)n2)cn1. The minimum absolute atomic E-state index is 0.147. The number of rotatable bonds is 7. The third kappa shape index (κ3) is 4.99. The number of pyridine rings is 1. The van der Waals surface area contributed by atoms with Crippen LogP contribution in [-0.4, -0.2) is 46.8 Å². The highest BCUT2D eigenvalue weighted by Gasteiger charge is 2.29. The average molecular weight is 441 g/mol. The Hall–Kier alpha value is -2.65. The van der Waals surface area contributed by atoms with Crippen LogP contribution in [0.2, 0.25) is 0 Å². The van der Waals surface area contributed by atoms with E-state index < -0.39 is 10.8 Å². The summed E-state index contributed by atoms with van der Waals surface area (Å²) in [5.41, 5.74) is 5.34. The second-order valence-electron chi connectivity index (χ2n) is 8.71. The van der Waals surface area contributed by atoms with Gasteiger partial charge in [-0.2, -0.15) is 5.10 Å². The number of fused-ring (bicyclic) bond motifs is 1. The molecule has 1 unspecified atom stereocenters. The van der Waals surface area contributed by atoms with Gasteiger partial charge in [0.2, 0.25) is 0 Å². The highest BCUT2D eigenvalue weighted by molar-refractivity contribution is 7.85. The molecule has 3 heterocycles. The molecule has 0 aliphatic heterocycles. The highest BCUT2D eigenvalue weighted by atomic mass is 32.2. The summed E-state index contributed by atoms with van der Waals surface area (Å²) in [5, 5.41) is 20.8. The van der Waals surface area contributed by atoms with Crippen molar-refractivity contribution < 1.29 is 9.32 Å². The number of aryl methyl sites for hydroxylation is 1. The first-order valence-corrected chi connectivity index (χ1v) is 11.8. The van der Waals surface area contributed by atoms with Crippen LogP contribution in [0.25, 0.3) is 11.3 Å². The number of nitrogens with zero attached hydrogens (tertiary/aromatic N) is 4. The molecule has 0 radical (unpaired) electrons. The van der Waals surface area contributed by atoms with E-state index in [-0.39, 0.29) is 17.8 Å². The van der Waals surface area contributed by atoms with Gasteiger partial charge in [-0.05, 0) is 43.7 Å². The van der Waals surface area contributed by atoms with Gasteiger partial charge in [0.05, 0.1) is 28.9 Å². The zero-order valence-electron chi connectivity index (χ0n) is 18.1. The molecular formula is C22H28N6O2S. The van der Waals surface area contributed by atoms with Crippen LogP contribution < -0.4 is 5.32 Å². The summed E-state index contributed by atoms with van der Waals surface area (Å²) < 4.78 is 12.6. The van der Waals surface area contributed by atoms with Crippen molar-refractivity contribution in [2.75, 3.05) is 17.7 Å². The van der Waals surface area contributed by atoms with Crippen LogP contribution in [0, 0.1) is 12.3 Å². The van der Waals surface area contributed by atoms with Gasteiger partial charge in [0.25, 0.3) is 0 Å². The van der Waals surface area contributed by atoms with Gasteiger partial charge >= 0.3 is 0 Å². The first kappa shape index (κ1) is 21.6. The first-order valence-electron chi connectivity index (χ1n) is 10.4. The molecule has 3 N–H and O–H groups in total. The first-order chi connectivity index (χ1) is 14.8. The van der Waals surface area contributed by atoms with E-state index in [1.807, 2.05) is 19.1 Å². The van der Waals surface area contributed by atoms with Gasteiger partial charge in [0, 0.05) is 41.3 Å². The van der Waals surface area contributed by atoms with Crippen LogP contribution >= 0.6 is 0 Å². The molecule has 8 nitrogen and oxygen atoms in total. The fourth-order valence-corrected chi connectivity index (χ4v) is 4.66. The number of nitrogens with one attached hydrogen (secondary N) is 2. The van der Waals surface area contributed by atoms with E-state index in [2.05, 4.69) is 44.3 Å². The van der Waals surface area contributed by atoms with E-state index in [0.717, 1.165) is 41.9 Å². The summed E-state index contributed by atoms with van der Waals surface area (Å²) in [6, 6.07) is 3.76. The van der Waals surface area contributed by atoms with E-state index >= 15 is 0 Å². The molecule has 31 heavy (non-hydrogen) atoms. The third-order valence-corrected chi connectivity index (χ3v) is 6.78. The van der Waals surface area contributed by atoms with Crippen molar-refractivity contribution in [2.45, 2.75) is 51.6 Å². The Labute approximate surface area is 184 Å². The molecule has 164 valence electrons. The summed E-state index contributed by atoms with van der Waals surface area (Å²) in [6.07, 6.45) is 6.56. The lowest BCUT2D eigenvalue weighted by atomic mass is 9.76. The van der Waals surface area contributed by atoms with Gasteiger partial charge in [-0.3, -0.25) is 9.31 Å². The van der Waals surface area contributed by atoms with Gasteiger partial charge in [-0.1, -0.05) is 13.8 Å². The van der Waals surface area contributed by atoms with Crippen molar-refractivity contribution in [3.05, 3.63) is 47.2 Å². The Kier molecular flexibility index (Phi) is 6.15. The Morgan fingerprint density at radius 3 is 2.77 bits per heavy atom. The fourth-order valence-electron chi connectivity index (χ4n) is 3.83. The highest BCUT2D eigenvalue weighted by Crippen LogP contribution is 2.38. The smallest absolute Gasteiger partial charge is 0.130 e. The molecule has 0 saturated heterocycles. The van der Waals surface area contributed by atoms with Gasteiger partial charge in [-0.15, -0.1) is 0 Å². The molecule has 0 spiro atoms. The van der Waals surface area contributed by atoms with Gasteiger partial charge in [0.15, 0.2) is 0 Å². The molecule has 1 aliphatic rings.